The number of carbonyl (C=O) groups is 1. The Bertz CT molecular complexity index is 1080. The standard InChI is InChI=1S/C19H17FN2O4S/c20-15-7-3-4-8-16(15)27-12-11-26-17(23)9-10-22-19(25)14-6-2-1-5-13(14)18(24)21-22/h1-8H,9-12H2,(H,21,24). The number of nitrogens with one attached hydrogen (secondary N) is 1. The van der Waals surface area contributed by atoms with Crippen LogP contribution < -0.4 is 11.1 Å². The molecule has 3 rings (SSSR count). The van der Waals surface area contributed by atoms with Gasteiger partial charge in [-0.25, -0.2) is 9.07 Å². The van der Waals surface area contributed by atoms with Crippen LogP contribution in [-0.4, -0.2) is 28.1 Å². The first-order valence-electron chi connectivity index (χ1n) is 8.31. The molecule has 27 heavy (non-hydrogen) atoms. The molecule has 140 valence electrons. The Morgan fingerprint density at radius 1 is 1.07 bits per heavy atom. The third kappa shape index (κ3) is 4.65. The minimum absolute atomic E-state index is 0.0121. The summed E-state index contributed by atoms with van der Waals surface area (Å²) in [7, 11) is 0. The molecule has 6 nitrogen and oxygen atoms in total. The van der Waals surface area contributed by atoms with Crippen molar-refractivity contribution in [1.82, 2.24) is 9.78 Å². The highest BCUT2D eigenvalue weighted by Gasteiger charge is 2.09. The SMILES string of the molecule is O=C(CCn1[nH]c(=O)c2ccccc2c1=O)OCCSc1ccccc1F. The Hall–Kier alpha value is -2.87. The molecule has 0 radical (unpaired) electrons. The molecule has 0 aliphatic rings. The van der Waals surface area contributed by atoms with Gasteiger partial charge in [0.05, 0.1) is 23.7 Å². The van der Waals surface area contributed by atoms with Crippen LogP contribution in [0.15, 0.2) is 63.0 Å². The Labute approximate surface area is 157 Å². The van der Waals surface area contributed by atoms with Gasteiger partial charge in [0, 0.05) is 10.6 Å². The summed E-state index contributed by atoms with van der Waals surface area (Å²) >= 11 is 1.25. The molecule has 3 aromatic rings. The van der Waals surface area contributed by atoms with Crippen LogP contribution in [0.5, 0.6) is 0 Å². The first kappa shape index (κ1) is 18.9. The van der Waals surface area contributed by atoms with Crippen molar-refractivity contribution in [3.8, 4) is 0 Å². The molecule has 0 atom stereocenters. The van der Waals surface area contributed by atoms with Crippen molar-refractivity contribution in [3.63, 3.8) is 0 Å². The summed E-state index contributed by atoms with van der Waals surface area (Å²) in [6.45, 7) is 0.138. The zero-order valence-corrected chi connectivity index (χ0v) is 15.1. The van der Waals surface area contributed by atoms with Crippen LogP contribution in [0.2, 0.25) is 0 Å². The van der Waals surface area contributed by atoms with Crippen molar-refractivity contribution in [2.75, 3.05) is 12.4 Å². The Morgan fingerprint density at radius 2 is 1.78 bits per heavy atom. The van der Waals surface area contributed by atoms with Crippen LogP contribution in [0, 0.1) is 5.82 Å². The van der Waals surface area contributed by atoms with Crippen molar-refractivity contribution in [3.05, 3.63) is 75.1 Å². The van der Waals surface area contributed by atoms with Gasteiger partial charge in [0.15, 0.2) is 0 Å². The zero-order chi connectivity index (χ0) is 19.2. The molecule has 2 aromatic carbocycles. The lowest BCUT2D eigenvalue weighted by atomic mass is 10.2. The molecule has 0 fully saturated rings. The fraction of sp³-hybridized carbons (Fsp3) is 0.211. The Morgan fingerprint density at radius 3 is 2.56 bits per heavy atom. The number of carbonyl (C=O) groups excluding carboxylic acids is 1. The number of halogens is 1. The number of aromatic amines is 1. The average molecular weight is 388 g/mol. The van der Waals surface area contributed by atoms with Gasteiger partial charge >= 0.3 is 5.97 Å². The van der Waals surface area contributed by atoms with Crippen LogP contribution in [0.25, 0.3) is 10.8 Å². The van der Waals surface area contributed by atoms with E-state index in [9.17, 15) is 18.8 Å². The molecule has 0 aliphatic carbocycles. The molecule has 0 saturated carbocycles. The number of thioether (sulfide) groups is 1. The summed E-state index contributed by atoms with van der Waals surface area (Å²) in [6, 6.07) is 12.9. The molecule has 0 amide bonds. The van der Waals surface area contributed by atoms with Gasteiger partial charge in [0.25, 0.3) is 11.1 Å². The Balaban J connectivity index is 1.52. The largest absolute Gasteiger partial charge is 0.465 e. The number of aromatic nitrogens is 2. The van der Waals surface area contributed by atoms with E-state index in [1.165, 1.54) is 17.8 Å². The molecule has 0 aliphatic heterocycles. The molecular formula is C19H17FN2O4S. The van der Waals surface area contributed by atoms with E-state index in [-0.39, 0.29) is 36.5 Å². The number of H-pyrrole nitrogens is 1. The quantitative estimate of drug-likeness (QED) is 0.382. The average Bonchev–Trinajstić information content (AvgIpc) is 2.68. The molecule has 1 N–H and O–H groups in total. The number of fused-ring (bicyclic) bond motifs is 1. The molecule has 0 unspecified atom stereocenters. The van der Waals surface area contributed by atoms with Crippen molar-refractivity contribution in [1.29, 1.82) is 0 Å². The lowest BCUT2D eigenvalue weighted by molar-refractivity contribution is -0.143. The van der Waals surface area contributed by atoms with Crippen molar-refractivity contribution in [2.45, 2.75) is 17.9 Å². The smallest absolute Gasteiger partial charge is 0.307 e. The van der Waals surface area contributed by atoms with E-state index < -0.39 is 5.97 Å². The first-order valence-corrected chi connectivity index (χ1v) is 9.29. The molecule has 1 heterocycles. The van der Waals surface area contributed by atoms with Gasteiger partial charge in [-0.2, -0.15) is 0 Å². The monoisotopic (exact) mass is 388 g/mol. The third-order valence-electron chi connectivity index (χ3n) is 3.86. The highest BCUT2D eigenvalue weighted by atomic mass is 32.2. The van der Waals surface area contributed by atoms with Gasteiger partial charge in [-0.15, -0.1) is 11.8 Å². The fourth-order valence-electron chi connectivity index (χ4n) is 2.55. The van der Waals surface area contributed by atoms with Crippen LogP contribution in [0.3, 0.4) is 0 Å². The van der Waals surface area contributed by atoms with E-state index in [4.69, 9.17) is 4.74 Å². The summed E-state index contributed by atoms with van der Waals surface area (Å²) in [6.07, 6.45) is -0.0570. The van der Waals surface area contributed by atoms with Gasteiger partial charge in [0.2, 0.25) is 0 Å². The summed E-state index contributed by atoms with van der Waals surface area (Å²) < 4.78 is 19.7. The first-order chi connectivity index (χ1) is 13.1. The highest BCUT2D eigenvalue weighted by Crippen LogP contribution is 2.20. The molecule has 0 bridgehead atoms. The number of nitrogens with zero attached hydrogens (tertiary/aromatic N) is 1. The van der Waals surface area contributed by atoms with Gasteiger partial charge in [0.1, 0.15) is 12.4 Å². The lowest BCUT2D eigenvalue weighted by Gasteiger charge is -2.08. The maximum atomic E-state index is 13.5. The Kier molecular flexibility index (Phi) is 6.08. The maximum Gasteiger partial charge on any atom is 0.307 e. The van der Waals surface area contributed by atoms with E-state index in [0.717, 1.165) is 4.68 Å². The van der Waals surface area contributed by atoms with E-state index in [0.29, 0.717) is 21.4 Å². The van der Waals surface area contributed by atoms with Crippen LogP contribution >= 0.6 is 11.8 Å². The van der Waals surface area contributed by atoms with Crippen molar-refractivity contribution >= 4 is 28.5 Å². The highest BCUT2D eigenvalue weighted by molar-refractivity contribution is 7.99. The molecule has 0 saturated heterocycles. The zero-order valence-electron chi connectivity index (χ0n) is 14.3. The molecular weight excluding hydrogens is 371 g/mol. The summed E-state index contributed by atoms with van der Waals surface area (Å²) in [5, 5.41) is 3.08. The van der Waals surface area contributed by atoms with E-state index in [1.807, 2.05) is 0 Å². The minimum Gasteiger partial charge on any atom is -0.465 e. The predicted octanol–water partition coefficient (Wildman–Crippen LogP) is 2.55. The number of hydrogen-bond donors (Lipinski definition) is 1. The van der Waals surface area contributed by atoms with Gasteiger partial charge < -0.3 is 4.74 Å². The summed E-state index contributed by atoms with van der Waals surface area (Å²) in [5.41, 5.74) is -0.757. The van der Waals surface area contributed by atoms with Crippen molar-refractivity contribution in [2.24, 2.45) is 0 Å². The third-order valence-corrected chi connectivity index (χ3v) is 4.88. The van der Waals surface area contributed by atoms with E-state index in [2.05, 4.69) is 5.10 Å². The summed E-state index contributed by atoms with van der Waals surface area (Å²) in [4.78, 5) is 36.7. The second-order valence-corrected chi connectivity index (χ2v) is 6.83. The summed E-state index contributed by atoms with van der Waals surface area (Å²) in [5.74, 6) is -0.391. The number of hydrogen-bond acceptors (Lipinski definition) is 5. The number of rotatable bonds is 7. The van der Waals surface area contributed by atoms with Crippen molar-refractivity contribution < 1.29 is 13.9 Å². The fourth-order valence-corrected chi connectivity index (χ4v) is 3.32. The molecule has 8 heteroatoms. The molecule has 0 spiro atoms. The second kappa shape index (κ2) is 8.68. The van der Waals surface area contributed by atoms with Crippen LogP contribution in [0.1, 0.15) is 6.42 Å². The van der Waals surface area contributed by atoms with Gasteiger partial charge in [-0.05, 0) is 24.3 Å². The lowest BCUT2D eigenvalue weighted by Crippen LogP contribution is -2.30. The number of benzene rings is 2. The molecule has 1 aromatic heterocycles. The maximum absolute atomic E-state index is 13.5. The predicted molar refractivity (Wildman–Crippen MR) is 102 cm³/mol. The second-order valence-electron chi connectivity index (χ2n) is 5.69. The van der Waals surface area contributed by atoms with Crippen LogP contribution in [-0.2, 0) is 16.1 Å². The van der Waals surface area contributed by atoms with E-state index in [1.54, 1.807) is 42.5 Å². The minimum atomic E-state index is -0.495. The number of ether oxygens (including phenoxy) is 1. The van der Waals surface area contributed by atoms with Gasteiger partial charge in [-0.3, -0.25) is 19.5 Å². The topological polar surface area (TPSA) is 81.2 Å². The normalized spacial score (nSPS) is 10.9. The van der Waals surface area contributed by atoms with Gasteiger partial charge in [-0.1, -0.05) is 24.3 Å². The number of esters is 1. The van der Waals surface area contributed by atoms with Crippen LogP contribution in [0.4, 0.5) is 4.39 Å². The number of aryl methyl sites for hydroxylation is 1. The van der Waals surface area contributed by atoms with E-state index >= 15 is 0 Å².